The van der Waals surface area contributed by atoms with Gasteiger partial charge in [-0.25, -0.2) is 0 Å². The third-order valence-electron chi connectivity index (χ3n) is 5.20. The molecule has 1 unspecified atom stereocenters. The van der Waals surface area contributed by atoms with Crippen LogP contribution in [0.5, 0.6) is 0 Å². The number of hydrogen-bond donors (Lipinski definition) is 6. The van der Waals surface area contributed by atoms with Gasteiger partial charge in [-0.2, -0.15) is 0 Å². The van der Waals surface area contributed by atoms with Crippen molar-refractivity contribution in [2.45, 2.75) is 20.9 Å². The molecule has 0 saturated carbocycles. The normalized spacial score (nSPS) is 12.7. The Bertz CT molecular complexity index is 1270. The van der Waals surface area contributed by atoms with Crippen molar-refractivity contribution in [2.75, 3.05) is 0 Å². The highest BCUT2D eigenvalue weighted by Crippen LogP contribution is 2.26. The van der Waals surface area contributed by atoms with Crippen LogP contribution in [0.3, 0.4) is 0 Å². The molecule has 0 fully saturated rings. The van der Waals surface area contributed by atoms with E-state index in [0.29, 0.717) is 11.4 Å². The molecule has 7 heteroatoms. The molecule has 0 aliphatic rings. The lowest BCUT2D eigenvalue weighted by molar-refractivity contribution is 0.646. The summed E-state index contributed by atoms with van der Waals surface area (Å²) in [6.45, 7) is 0. The highest BCUT2D eigenvalue weighted by molar-refractivity contribution is 7.80. The van der Waals surface area contributed by atoms with Crippen LogP contribution in [-0.4, -0.2) is 4.98 Å². The van der Waals surface area contributed by atoms with E-state index in [1.807, 2.05) is 84.9 Å². The summed E-state index contributed by atoms with van der Waals surface area (Å²) >= 11 is 13.1. The summed E-state index contributed by atoms with van der Waals surface area (Å²) in [4.78, 5) is 7.14. The Kier molecular flexibility index (Phi) is 7.35. The standard InChI is InChI=1S/C26H24N4S3/c27-24(17-3-9-21(32)10-4-17)25(18-5-11-22(33)12-6-18)30-26(28)23-15-19(13-14-29-23)16-1-7-20(31)8-2-16/h1-15,26,30-33H,27-28H2/b25-24-. The second-order valence-electron chi connectivity index (χ2n) is 7.52. The number of rotatable bonds is 6. The number of nitrogens with two attached hydrogens (primary N) is 2. The molecule has 1 heterocycles. The van der Waals surface area contributed by atoms with Crippen LogP contribution < -0.4 is 16.8 Å². The maximum atomic E-state index is 6.61. The Morgan fingerprint density at radius 3 is 1.79 bits per heavy atom. The topological polar surface area (TPSA) is 77.0 Å². The van der Waals surface area contributed by atoms with Crippen molar-refractivity contribution >= 4 is 49.3 Å². The van der Waals surface area contributed by atoms with Crippen LogP contribution in [-0.2, 0) is 0 Å². The molecule has 0 aliphatic carbocycles. The van der Waals surface area contributed by atoms with E-state index < -0.39 is 6.17 Å². The van der Waals surface area contributed by atoms with E-state index in [0.717, 1.165) is 42.6 Å². The average Bonchev–Trinajstić information content (AvgIpc) is 2.84. The number of aromatic nitrogens is 1. The van der Waals surface area contributed by atoms with Gasteiger partial charge < -0.3 is 16.8 Å². The van der Waals surface area contributed by atoms with Crippen molar-refractivity contribution in [3.8, 4) is 11.1 Å². The third kappa shape index (κ3) is 5.75. The number of nitrogens with one attached hydrogen (secondary N) is 1. The van der Waals surface area contributed by atoms with Gasteiger partial charge in [0, 0.05) is 20.9 Å². The first-order valence-electron chi connectivity index (χ1n) is 10.3. The lowest BCUT2D eigenvalue weighted by Gasteiger charge is -2.21. The molecule has 0 saturated heterocycles. The van der Waals surface area contributed by atoms with Crippen molar-refractivity contribution < 1.29 is 0 Å². The Balaban J connectivity index is 1.70. The van der Waals surface area contributed by atoms with Gasteiger partial charge in [-0.05, 0) is 70.8 Å². The van der Waals surface area contributed by atoms with Crippen molar-refractivity contribution in [3.63, 3.8) is 0 Å². The van der Waals surface area contributed by atoms with Crippen LogP contribution in [0.15, 0.2) is 106 Å². The molecule has 0 radical (unpaired) electrons. The molecule has 166 valence electrons. The maximum absolute atomic E-state index is 6.61. The van der Waals surface area contributed by atoms with Crippen molar-refractivity contribution in [1.29, 1.82) is 0 Å². The van der Waals surface area contributed by atoms with Crippen LogP contribution in [0.25, 0.3) is 22.5 Å². The molecule has 4 aromatic rings. The molecule has 0 bridgehead atoms. The van der Waals surface area contributed by atoms with Crippen LogP contribution in [0.2, 0.25) is 0 Å². The van der Waals surface area contributed by atoms with Crippen molar-refractivity contribution in [2.24, 2.45) is 11.5 Å². The number of thiol groups is 3. The first-order valence-corrected chi connectivity index (χ1v) is 11.6. The fourth-order valence-corrected chi connectivity index (χ4v) is 3.86. The van der Waals surface area contributed by atoms with Crippen LogP contribution in [0.4, 0.5) is 0 Å². The van der Waals surface area contributed by atoms with Gasteiger partial charge in [0.15, 0.2) is 0 Å². The van der Waals surface area contributed by atoms with E-state index >= 15 is 0 Å². The molecule has 0 aliphatic heterocycles. The Morgan fingerprint density at radius 2 is 1.21 bits per heavy atom. The fraction of sp³-hybridized carbons (Fsp3) is 0.0385. The largest absolute Gasteiger partial charge is 0.397 e. The minimum Gasteiger partial charge on any atom is -0.397 e. The number of benzene rings is 3. The third-order valence-corrected chi connectivity index (χ3v) is 6.10. The van der Waals surface area contributed by atoms with Gasteiger partial charge in [-0.3, -0.25) is 4.98 Å². The Labute approximate surface area is 210 Å². The quantitative estimate of drug-likeness (QED) is 0.121. The molecule has 4 rings (SSSR count). The molecule has 4 nitrogen and oxygen atoms in total. The highest BCUT2D eigenvalue weighted by Gasteiger charge is 2.15. The first kappa shape index (κ1) is 23.3. The summed E-state index contributed by atoms with van der Waals surface area (Å²) in [6, 6.07) is 27.3. The van der Waals surface area contributed by atoms with Gasteiger partial charge in [0.05, 0.1) is 17.1 Å². The van der Waals surface area contributed by atoms with E-state index in [1.165, 1.54) is 0 Å². The number of pyridine rings is 1. The number of nitrogens with zero attached hydrogens (tertiary/aromatic N) is 1. The lowest BCUT2D eigenvalue weighted by Crippen LogP contribution is -2.30. The molecule has 1 atom stereocenters. The van der Waals surface area contributed by atoms with E-state index in [4.69, 9.17) is 11.5 Å². The maximum Gasteiger partial charge on any atom is 0.118 e. The summed E-state index contributed by atoms with van der Waals surface area (Å²) in [5, 5.41) is 3.38. The van der Waals surface area contributed by atoms with Crippen LogP contribution in [0, 0.1) is 0 Å². The van der Waals surface area contributed by atoms with Gasteiger partial charge in [-0.15, -0.1) is 37.9 Å². The average molecular weight is 489 g/mol. The summed E-state index contributed by atoms with van der Waals surface area (Å²) in [7, 11) is 0. The Morgan fingerprint density at radius 1 is 0.697 bits per heavy atom. The lowest BCUT2D eigenvalue weighted by atomic mass is 10.0. The molecular formula is C26H24N4S3. The van der Waals surface area contributed by atoms with Crippen LogP contribution >= 0.6 is 37.9 Å². The SMILES string of the molecule is N/C(=C(\NC(N)c1cc(-c2ccc(S)cc2)ccn1)c1ccc(S)cc1)c1ccc(S)cc1. The number of hydrogen-bond acceptors (Lipinski definition) is 7. The van der Waals surface area contributed by atoms with Crippen molar-refractivity contribution in [3.05, 3.63) is 108 Å². The zero-order valence-electron chi connectivity index (χ0n) is 17.7. The summed E-state index contributed by atoms with van der Waals surface area (Å²) in [5.41, 5.74) is 19.0. The molecule has 0 amide bonds. The highest BCUT2D eigenvalue weighted by atomic mass is 32.1. The molecule has 0 spiro atoms. The second-order valence-corrected chi connectivity index (χ2v) is 9.07. The zero-order chi connectivity index (χ0) is 23.4. The predicted molar refractivity (Wildman–Crippen MR) is 145 cm³/mol. The smallest absolute Gasteiger partial charge is 0.118 e. The summed E-state index contributed by atoms with van der Waals surface area (Å²) in [6.07, 6.45) is 1.18. The zero-order valence-corrected chi connectivity index (χ0v) is 20.4. The second kappa shape index (κ2) is 10.4. The first-order chi connectivity index (χ1) is 15.9. The van der Waals surface area contributed by atoms with Crippen LogP contribution in [0.1, 0.15) is 23.0 Å². The minimum absolute atomic E-state index is 0.575. The van der Waals surface area contributed by atoms with E-state index in [9.17, 15) is 0 Å². The van der Waals surface area contributed by atoms with E-state index in [2.05, 4.69) is 48.2 Å². The van der Waals surface area contributed by atoms with Gasteiger partial charge in [0.1, 0.15) is 6.17 Å². The minimum atomic E-state index is -0.581. The molecule has 33 heavy (non-hydrogen) atoms. The van der Waals surface area contributed by atoms with E-state index in [-0.39, 0.29) is 0 Å². The Hall–Kier alpha value is -2.84. The fourth-order valence-electron chi connectivity index (χ4n) is 3.41. The summed E-state index contributed by atoms with van der Waals surface area (Å²) < 4.78 is 0. The van der Waals surface area contributed by atoms with Crippen molar-refractivity contribution in [1.82, 2.24) is 10.3 Å². The monoisotopic (exact) mass is 488 g/mol. The molecule has 1 aromatic heterocycles. The van der Waals surface area contributed by atoms with E-state index in [1.54, 1.807) is 6.20 Å². The predicted octanol–water partition coefficient (Wildman–Crippen LogP) is 5.65. The summed E-state index contributed by atoms with van der Waals surface area (Å²) in [5.74, 6) is 0. The molecule has 3 aromatic carbocycles. The van der Waals surface area contributed by atoms with Gasteiger partial charge in [0.25, 0.3) is 0 Å². The van der Waals surface area contributed by atoms with Gasteiger partial charge >= 0.3 is 0 Å². The molecule has 5 N–H and O–H groups in total. The van der Waals surface area contributed by atoms with Gasteiger partial charge in [0.2, 0.25) is 0 Å². The van der Waals surface area contributed by atoms with Gasteiger partial charge in [-0.1, -0.05) is 36.4 Å². The molecular weight excluding hydrogens is 465 g/mol.